The van der Waals surface area contributed by atoms with E-state index in [1.165, 1.54) is 12.1 Å². The summed E-state index contributed by atoms with van der Waals surface area (Å²) in [6.07, 6.45) is 0. The molecule has 26 heavy (non-hydrogen) atoms. The van der Waals surface area contributed by atoms with Crippen molar-refractivity contribution in [3.63, 3.8) is 0 Å². The van der Waals surface area contributed by atoms with Crippen LogP contribution in [0, 0.1) is 10.1 Å². The van der Waals surface area contributed by atoms with E-state index >= 15 is 0 Å². The maximum absolute atomic E-state index is 12.3. The van der Waals surface area contributed by atoms with Crippen molar-refractivity contribution in [3.05, 3.63) is 76.3 Å². The van der Waals surface area contributed by atoms with E-state index in [1.807, 2.05) is 36.4 Å². The lowest BCUT2D eigenvalue weighted by molar-refractivity contribution is -0.384. The minimum Gasteiger partial charge on any atom is -0.497 e. The maximum Gasteiger partial charge on any atom is 0.269 e. The van der Waals surface area contributed by atoms with Crippen molar-refractivity contribution in [1.29, 1.82) is 0 Å². The van der Waals surface area contributed by atoms with Crippen molar-refractivity contribution in [2.75, 3.05) is 7.11 Å². The van der Waals surface area contributed by atoms with Crippen molar-refractivity contribution in [3.8, 4) is 5.75 Å². The average Bonchev–Trinajstić information content (AvgIpc) is 2.66. The summed E-state index contributed by atoms with van der Waals surface area (Å²) in [5, 5.41) is 12.6. The predicted molar refractivity (Wildman–Crippen MR) is 97.6 cm³/mol. The normalized spacial score (nSPS) is 11.4. The van der Waals surface area contributed by atoms with Crippen LogP contribution in [0.25, 0.3) is 10.8 Å². The molecule has 0 fully saturated rings. The van der Waals surface area contributed by atoms with Gasteiger partial charge in [0, 0.05) is 18.7 Å². The average molecular weight is 372 g/mol. The van der Waals surface area contributed by atoms with Gasteiger partial charge >= 0.3 is 0 Å². The first kappa shape index (κ1) is 17.8. The summed E-state index contributed by atoms with van der Waals surface area (Å²) in [5.74, 6) is 0.754. The van der Waals surface area contributed by atoms with Gasteiger partial charge in [-0.2, -0.15) is 0 Å². The number of sulfonamides is 1. The summed E-state index contributed by atoms with van der Waals surface area (Å²) in [6.45, 7) is 0.112. The summed E-state index contributed by atoms with van der Waals surface area (Å²) in [5.41, 5.74) is 0.641. The zero-order valence-corrected chi connectivity index (χ0v) is 14.7. The third kappa shape index (κ3) is 3.81. The van der Waals surface area contributed by atoms with Gasteiger partial charge in [0.05, 0.1) is 16.9 Å². The number of non-ortho nitro benzene ring substituents is 1. The van der Waals surface area contributed by atoms with Crippen molar-refractivity contribution in [2.45, 2.75) is 11.4 Å². The molecule has 0 heterocycles. The Hall–Kier alpha value is -2.97. The SMILES string of the molecule is COc1ccc2cc(CNS(=O)(=O)c3ccc([N+](=O)[O-])cc3)ccc2c1. The minimum absolute atomic E-state index is 0.0198. The summed E-state index contributed by atoms with van der Waals surface area (Å²) in [7, 11) is -2.16. The van der Waals surface area contributed by atoms with Gasteiger partial charge in [-0.1, -0.05) is 18.2 Å². The highest BCUT2D eigenvalue weighted by atomic mass is 32.2. The number of benzene rings is 3. The van der Waals surface area contributed by atoms with E-state index < -0.39 is 14.9 Å². The maximum atomic E-state index is 12.3. The highest BCUT2D eigenvalue weighted by Gasteiger charge is 2.15. The summed E-state index contributed by atoms with van der Waals surface area (Å²) in [6, 6.07) is 16.0. The van der Waals surface area contributed by atoms with Gasteiger partial charge in [-0.15, -0.1) is 0 Å². The van der Waals surface area contributed by atoms with Crippen LogP contribution in [0.2, 0.25) is 0 Å². The lowest BCUT2D eigenvalue weighted by atomic mass is 10.1. The second-order valence-corrected chi connectivity index (χ2v) is 7.39. The Morgan fingerprint density at radius 3 is 2.31 bits per heavy atom. The molecule has 134 valence electrons. The fourth-order valence-corrected chi connectivity index (χ4v) is 3.54. The molecular formula is C18H16N2O5S. The monoisotopic (exact) mass is 372 g/mol. The van der Waals surface area contributed by atoms with Gasteiger partial charge in [0.2, 0.25) is 10.0 Å². The zero-order valence-electron chi connectivity index (χ0n) is 13.9. The van der Waals surface area contributed by atoms with E-state index in [0.29, 0.717) is 0 Å². The van der Waals surface area contributed by atoms with Crippen molar-refractivity contribution in [1.82, 2.24) is 4.72 Å². The van der Waals surface area contributed by atoms with Gasteiger partial charge in [-0.25, -0.2) is 13.1 Å². The quantitative estimate of drug-likeness (QED) is 0.529. The van der Waals surface area contributed by atoms with E-state index in [9.17, 15) is 18.5 Å². The standard InChI is InChI=1S/C18H16N2O5S/c1-25-17-7-4-14-10-13(2-3-15(14)11-17)12-19-26(23,24)18-8-5-16(6-9-18)20(21)22/h2-11,19H,12H2,1H3. The van der Waals surface area contributed by atoms with Crippen LogP contribution in [0.3, 0.4) is 0 Å². The molecule has 0 radical (unpaired) electrons. The van der Waals surface area contributed by atoms with Crippen LogP contribution in [0.15, 0.2) is 65.6 Å². The smallest absolute Gasteiger partial charge is 0.269 e. The van der Waals surface area contributed by atoms with Crippen LogP contribution >= 0.6 is 0 Å². The largest absolute Gasteiger partial charge is 0.497 e. The molecule has 0 saturated heterocycles. The van der Waals surface area contributed by atoms with Crippen LogP contribution in [0.4, 0.5) is 5.69 Å². The number of hydrogen-bond donors (Lipinski definition) is 1. The molecule has 0 aliphatic rings. The lowest BCUT2D eigenvalue weighted by Gasteiger charge is -2.08. The highest BCUT2D eigenvalue weighted by Crippen LogP contribution is 2.22. The van der Waals surface area contributed by atoms with E-state index in [0.717, 1.165) is 34.2 Å². The number of fused-ring (bicyclic) bond motifs is 1. The molecule has 0 spiro atoms. The molecule has 7 nitrogen and oxygen atoms in total. The molecule has 1 N–H and O–H groups in total. The first-order valence-electron chi connectivity index (χ1n) is 7.70. The Balaban J connectivity index is 1.76. The number of nitrogens with one attached hydrogen (secondary N) is 1. The number of nitrogens with zero attached hydrogens (tertiary/aromatic N) is 1. The van der Waals surface area contributed by atoms with E-state index in [2.05, 4.69) is 4.72 Å². The zero-order chi connectivity index (χ0) is 18.7. The third-order valence-corrected chi connectivity index (χ3v) is 5.35. The first-order valence-corrected chi connectivity index (χ1v) is 9.18. The number of nitro benzene ring substituents is 1. The van der Waals surface area contributed by atoms with Gasteiger partial charge < -0.3 is 4.74 Å². The van der Waals surface area contributed by atoms with Gasteiger partial charge in [0.15, 0.2) is 0 Å². The predicted octanol–water partition coefficient (Wildman–Crippen LogP) is 3.24. The molecule has 3 rings (SSSR count). The molecule has 3 aromatic carbocycles. The van der Waals surface area contributed by atoms with Gasteiger partial charge in [-0.05, 0) is 46.7 Å². The Labute approximate surface area is 150 Å². The van der Waals surface area contributed by atoms with Gasteiger partial charge in [0.1, 0.15) is 5.75 Å². The summed E-state index contributed by atoms with van der Waals surface area (Å²) >= 11 is 0. The Kier molecular flexibility index (Phi) is 4.88. The van der Waals surface area contributed by atoms with Gasteiger partial charge in [-0.3, -0.25) is 10.1 Å². The highest BCUT2D eigenvalue weighted by molar-refractivity contribution is 7.89. The van der Waals surface area contributed by atoms with Crippen LogP contribution < -0.4 is 9.46 Å². The Bertz CT molecular complexity index is 1060. The molecule has 0 bridgehead atoms. The summed E-state index contributed by atoms with van der Waals surface area (Å²) in [4.78, 5) is 10.1. The fourth-order valence-electron chi connectivity index (χ4n) is 2.52. The van der Waals surface area contributed by atoms with Gasteiger partial charge in [0.25, 0.3) is 5.69 Å². The van der Waals surface area contributed by atoms with Crippen molar-refractivity contribution < 1.29 is 18.1 Å². The second kappa shape index (κ2) is 7.11. The van der Waals surface area contributed by atoms with Crippen molar-refractivity contribution >= 4 is 26.5 Å². The topological polar surface area (TPSA) is 98.5 Å². The molecule has 8 heteroatoms. The first-order chi connectivity index (χ1) is 12.4. The molecule has 0 unspecified atom stereocenters. The van der Waals surface area contributed by atoms with E-state index in [1.54, 1.807) is 7.11 Å². The van der Waals surface area contributed by atoms with Crippen LogP contribution in [0.5, 0.6) is 5.75 Å². The fraction of sp³-hybridized carbons (Fsp3) is 0.111. The molecular weight excluding hydrogens is 356 g/mol. The third-order valence-electron chi connectivity index (χ3n) is 3.94. The molecule has 0 aliphatic heterocycles. The lowest BCUT2D eigenvalue weighted by Crippen LogP contribution is -2.23. The Morgan fingerprint density at radius 2 is 1.65 bits per heavy atom. The minimum atomic E-state index is -3.76. The Morgan fingerprint density at radius 1 is 1.00 bits per heavy atom. The van der Waals surface area contributed by atoms with Crippen LogP contribution in [-0.4, -0.2) is 20.5 Å². The number of nitro groups is 1. The van der Waals surface area contributed by atoms with E-state index in [-0.39, 0.29) is 17.1 Å². The van der Waals surface area contributed by atoms with E-state index in [4.69, 9.17) is 4.74 Å². The van der Waals surface area contributed by atoms with Crippen LogP contribution in [-0.2, 0) is 16.6 Å². The second-order valence-electron chi connectivity index (χ2n) is 5.62. The number of ether oxygens (including phenoxy) is 1. The number of rotatable bonds is 6. The molecule has 3 aromatic rings. The molecule has 0 saturated carbocycles. The van der Waals surface area contributed by atoms with Crippen LogP contribution in [0.1, 0.15) is 5.56 Å². The number of hydrogen-bond acceptors (Lipinski definition) is 5. The molecule has 0 amide bonds. The molecule has 0 aromatic heterocycles. The molecule has 0 atom stereocenters. The molecule has 0 aliphatic carbocycles. The van der Waals surface area contributed by atoms with Crippen molar-refractivity contribution in [2.24, 2.45) is 0 Å². The summed E-state index contributed by atoms with van der Waals surface area (Å²) < 4.78 is 32.4. The number of methoxy groups -OCH3 is 1.